The summed E-state index contributed by atoms with van der Waals surface area (Å²) >= 11 is 2.20. The standard InChI is InChI=1S/C17H30BN3O4.C11H18IN3O2.2CH4/c1-15(2,3)23-14(22)20(8)9-10-21-12-13(11-19-21)18-24-16(4,5)17(6,7)25-18;1-11(2,3)17-10(16)14(4)5-6-15-8-9(12)7-13-15;;/h11-12H,9-10H2,1-8H3;7-8H,5-6H2,1-4H3;2*1H4. The highest BCUT2D eigenvalue weighted by Gasteiger charge is 2.52. The second-order valence-corrected chi connectivity index (χ2v) is 14.6. The van der Waals surface area contributed by atoms with Gasteiger partial charge in [0.15, 0.2) is 0 Å². The normalized spacial score (nSPS) is 15.2. The van der Waals surface area contributed by atoms with Crippen LogP contribution in [0.5, 0.6) is 0 Å². The lowest BCUT2D eigenvalue weighted by molar-refractivity contribution is 0.00578. The Bertz CT molecular complexity index is 1170. The van der Waals surface area contributed by atoms with Gasteiger partial charge < -0.3 is 28.6 Å². The van der Waals surface area contributed by atoms with Gasteiger partial charge in [0, 0.05) is 51.2 Å². The van der Waals surface area contributed by atoms with Crippen LogP contribution in [-0.2, 0) is 31.9 Å². The van der Waals surface area contributed by atoms with Crippen molar-refractivity contribution in [1.82, 2.24) is 29.4 Å². The van der Waals surface area contributed by atoms with Crippen LogP contribution in [0.4, 0.5) is 9.59 Å². The molecule has 0 spiro atoms. The van der Waals surface area contributed by atoms with E-state index >= 15 is 0 Å². The van der Waals surface area contributed by atoms with Crippen molar-refractivity contribution in [2.24, 2.45) is 0 Å². The van der Waals surface area contributed by atoms with Crippen LogP contribution in [0.15, 0.2) is 24.8 Å². The second-order valence-electron chi connectivity index (χ2n) is 13.4. The third-order valence-corrected chi connectivity index (χ3v) is 7.08. The number of carbonyl (C=O) groups is 2. The number of amides is 2. The summed E-state index contributed by atoms with van der Waals surface area (Å²) in [6.07, 6.45) is 6.71. The molecule has 0 aliphatic carbocycles. The lowest BCUT2D eigenvalue weighted by Gasteiger charge is -2.32. The van der Waals surface area contributed by atoms with Gasteiger partial charge in [-0.3, -0.25) is 9.36 Å². The average molecular weight is 735 g/mol. The molecule has 1 fully saturated rings. The quantitative estimate of drug-likeness (QED) is 0.264. The zero-order chi connectivity index (χ0) is 32.1. The maximum absolute atomic E-state index is 12.0. The summed E-state index contributed by atoms with van der Waals surface area (Å²) in [5, 5.41) is 8.49. The summed E-state index contributed by atoms with van der Waals surface area (Å²) in [4.78, 5) is 26.7. The van der Waals surface area contributed by atoms with Crippen molar-refractivity contribution in [1.29, 1.82) is 0 Å². The first-order valence-electron chi connectivity index (χ1n) is 14.0. The summed E-state index contributed by atoms with van der Waals surface area (Å²) in [5.74, 6) is 0. The number of likely N-dealkylation sites (N-methyl/N-ethyl adjacent to an activating group) is 2. The molecule has 0 N–H and O–H groups in total. The third-order valence-electron chi connectivity index (χ3n) is 6.52. The molecule has 3 heterocycles. The van der Waals surface area contributed by atoms with Crippen LogP contribution in [0.1, 0.15) is 84.1 Å². The first-order valence-corrected chi connectivity index (χ1v) is 15.1. The molecule has 0 aromatic carbocycles. The van der Waals surface area contributed by atoms with Crippen molar-refractivity contribution in [3.8, 4) is 0 Å². The Labute approximate surface area is 279 Å². The smallest absolute Gasteiger partial charge is 0.444 e. The second kappa shape index (κ2) is 16.3. The fraction of sp³-hybridized carbons (Fsp3) is 0.733. The van der Waals surface area contributed by atoms with Crippen LogP contribution >= 0.6 is 22.6 Å². The van der Waals surface area contributed by atoms with Crippen LogP contribution in [0.3, 0.4) is 0 Å². The predicted molar refractivity (Wildman–Crippen MR) is 184 cm³/mol. The first kappa shape index (κ1) is 41.7. The molecule has 1 saturated heterocycles. The van der Waals surface area contributed by atoms with Crippen molar-refractivity contribution in [2.45, 2.75) is 120 Å². The molecule has 1 aliphatic heterocycles. The summed E-state index contributed by atoms with van der Waals surface area (Å²) in [6, 6.07) is 0. The molecule has 14 heteroatoms. The van der Waals surface area contributed by atoms with Gasteiger partial charge in [-0.25, -0.2) is 9.59 Å². The van der Waals surface area contributed by atoms with Gasteiger partial charge in [-0.15, -0.1) is 0 Å². The molecule has 1 aliphatic rings. The Hall–Kier alpha value is -2.33. The van der Waals surface area contributed by atoms with E-state index in [1.807, 2.05) is 86.3 Å². The minimum absolute atomic E-state index is 0. The SMILES string of the molecule is C.C.CN(CCn1cc(B2OC(C)(C)C(C)(C)O2)cn1)C(=O)OC(C)(C)C.CN(CCn1cc(I)cn1)C(=O)OC(C)(C)C. The minimum Gasteiger partial charge on any atom is -0.444 e. The molecule has 2 amide bonds. The van der Waals surface area contributed by atoms with Crippen molar-refractivity contribution in [3.63, 3.8) is 0 Å². The largest absolute Gasteiger partial charge is 0.498 e. The van der Waals surface area contributed by atoms with E-state index in [2.05, 4.69) is 32.8 Å². The number of ether oxygens (including phenoxy) is 2. The maximum atomic E-state index is 12.0. The van der Waals surface area contributed by atoms with Gasteiger partial charge in [-0.2, -0.15) is 10.2 Å². The molecule has 2 aromatic rings. The van der Waals surface area contributed by atoms with Crippen LogP contribution in [-0.4, -0.2) is 98.3 Å². The fourth-order valence-corrected chi connectivity index (χ4v) is 3.88. The first-order chi connectivity index (χ1) is 19.1. The van der Waals surface area contributed by atoms with Gasteiger partial charge in [0.05, 0.1) is 34.1 Å². The van der Waals surface area contributed by atoms with E-state index in [4.69, 9.17) is 18.8 Å². The number of rotatable bonds is 7. The van der Waals surface area contributed by atoms with Crippen LogP contribution in [0.25, 0.3) is 0 Å². The fourth-order valence-electron chi connectivity index (χ4n) is 3.43. The number of halogens is 1. The van der Waals surface area contributed by atoms with E-state index in [0.717, 1.165) is 9.03 Å². The topological polar surface area (TPSA) is 113 Å². The molecule has 252 valence electrons. The Morgan fingerprint density at radius 1 is 0.818 bits per heavy atom. The van der Waals surface area contributed by atoms with E-state index in [0.29, 0.717) is 26.2 Å². The van der Waals surface area contributed by atoms with Crippen molar-refractivity contribution >= 4 is 47.4 Å². The average Bonchev–Trinajstić information content (AvgIpc) is 3.51. The molecule has 3 rings (SSSR count). The van der Waals surface area contributed by atoms with E-state index < -0.39 is 18.3 Å². The Morgan fingerprint density at radius 2 is 1.20 bits per heavy atom. The number of hydrogen-bond donors (Lipinski definition) is 0. The zero-order valence-electron chi connectivity index (χ0n) is 27.2. The minimum atomic E-state index is -0.499. The molecule has 44 heavy (non-hydrogen) atoms. The highest BCUT2D eigenvalue weighted by molar-refractivity contribution is 14.1. The number of aromatic nitrogens is 4. The molecule has 0 atom stereocenters. The van der Waals surface area contributed by atoms with E-state index in [1.54, 1.807) is 41.0 Å². The van der Waals surface area contributed by atoms with Gasteiger partial charge in [0.25, 0.3) is 0 Å². The van der Waals surface area contributed by atoms with Crippen molar-refractivity contribution < 1.29 is 28.4 Å². The van der Waals surface area contributed by atoms with Gasteiger partial charge in [-0.1, -0.05) is 14.9 Å². The van der Waals surface area contributed by atoms with Gasteiger partial charge in [0.2, 0.25) is 0 Å². The van der Waals surface area contributed by atoms with Crippen molar-refractivity contribution in [3.05, 3.63) is 28.4 Å². The molecular formula is C30H56BIN6O6. The number of nitrogens with zero attached hydrogens (tertiary/aromatic N) is 6. The van der Waals surface area contributed by atoms with Gasteiger partial charge in [0.1, 0.15) is 11.2 Å². The summed E-state index contributed by atoms with van der Waals surface area (Å²) in [6.45, 7) is 21.5. The van der Waals surface area contributed by atoms with E-state index in [-0.39, 0.29) is 38.2 Å². The Morgan fingerprint density at radius 3 is 1.57 bits per heavy atom. The summed E-state index contributed by atoms with van der Waals surface area (Å²) in [7, 11) is 3.01. The van der Waals surface area contributed by atoms with Crippen LogP contribution in [0.2, 0.25) is 0 Å². The molecule has 0 radical (unpaired) electrons. The van der Waals surface area contributed by atoms with E-state index in [9.17, 15) is 9.59 Å². The molecule has 2 aromatic heterocycles. The Kier molecular flexibility index (Phi) is 15.4. The molecule has 0 saturated carbocycles. The summed E-state index contributed by atoms with van der Waals surface area (Å²) < 4.78 is 27.3. The zero-order valence-corrected chi connectivity index (χ0v) is 29.4. The maximum Gasteiger partial charge on any atom is 0.498 e. The molecular weight excluding hydrogens is 678 g/mol. The van der Waals surface area contributed by atoms with Crippen LogP contribution in [0, 0.1) is 3.57 Å². The monoisotopic (exact) mass is 734 g/mol. The lowest BCUT2D eigenvalue weighted by Crippen LogP contribution is -2.41. The Balaban J connectivity index is 0.000000859. The van der Waals surface area contributed by atoms with E-state index in [1.165, 1.54) is 0 Å². The highest BCUT2D eigenvalue weighted by Crippen LogP contribution is 2.36. The molecule has 12 nitrogen and oxygen atoms in total. The summed E-state index contributed by atoms with van der Waals surface area (Å²) in [5.41, 5.74) is -0.834. The number of carbonyl (C=O) groups excluding carboxylic acids is 2. The van der Waals surface area contributed by atoms with Gasteiger partial charge >= 0.3 is 19.3 Å². The lowest BCUT2D eigenvalue weighted by atomic mass is 9.82. The van der Waals surface area contributed by atoms with Gasteiger partial charge in [-0.05, 0) is 91.8 Å². The van der Waals surface area contributed by atoms with Crippen molar-refractivity contribution in [2.75, 3.05) is 27.2 Å². The number of hydrogen-bond acceptors (Lipinski definition) is 8. The molecule has 0 unspecified atom stereocenters. The predicted octanol–water partition coefficient (Wildman–Crippen LogP) is 5.68. The van der Waals surface area contributed by atoms with Crippen LogP contribution < -0.4 is 5.46 Å². The molecule has 0 bridgehead atoms. The third kappa shape index (κ3) is 13.3. The highest BCUT2D eigenvalue weighted by atomic mass is 127.